The van der Waals surface area contributed by atoms with Crippen LogP contribution in [0, 0.1) is 13.8 Å². The van der Waals surface area contributed by atoms with E-state index in [2.05, 4.69) is 0 Å². The Morgan fingerprint density at radius 3 is 2.36 bits per heavy atom. The Kier molecular flexibility index (Phi) is 1.94. The van der Waals surface area contributed by atoms with Crippen LogP contribution in [0.4, 0.5) is 5.69 Å². The molecule has 0 saturated heterocycles. The molecule has 1 aromatic rings. The van der Waals surface area contributed by atoms with Gasteiger partial charge in [0.25, 0.3) is 0 Å². The topological polar surface area (TPSA) is 43.1 Å². The monoisotopic (exact) mass is 149 g/mol. The van der Waals surface area contributed by atoms with Gasteiger partial charge in [0, 0.05) is 11.3 Å². The van der Waals surface area contributed by atoms with Crippen molar-refractivity contribution in [3.8, 4) is 0 Å². The van der Waals surface area contributed by atoms with E-state index in [-0.39, 0.29) is 0 Å². The average Bonchev–Trinajstić information content (AvgIpc) is 1.97. The van der Waals surface area contributed by atoms with E-state index in [1.165, 1.54) is 0 Å². The number of carbonyl (C=O) groups is 1. The third-order valence-electron chi connectivity index (χ3n) is 1.83. The largest absolute Gasteiger partial charge is 0.398 e. The van der Waals surface area contributed by atoms with Crippen molar-refractivity contribution in [3.05, 3.63) is 28.8 Å². The molecule has 0 unspecified atom stereocenters. The Hall–Kier alpha value is -1.31. The number of benzene rings is 1. The molecule has 1 aromatic carbocycles. The van der Waals surface area contributed by atoms with E-state index in [9.17, 15) is 4.79 Å². The Morgan fingerprint density at radius 2 is 1.82 bits per heavy atom. The molecular formula is C9H11NO. The van der Waals surface area contributed by atoms with Crippen LogP contribution in [0.25, 0.3) is 0 Å². The van der Waals surface area contributed by atoms with Gasteiger partial charge in [-0.05, 0) is 37.1 Å². The van der Waals surface area contributed by atoms with Crippen molar-refractivity contribution < 1.29 is 4.79 Å². The molecule has 2 N–H and O–H groups in total. The molecule has 58 valence electrons. The molecule has 0 aliphatic heterocycles. The summed E-state index contributed by atoms with van der Waals surface area (Å²) in [6, 6.07) is 3.62. The van der Waals surface area contributed by atoms with Crippen molar-refractivity contribution in [1.29, 1.82) is 0 Å². The van der Waals surface area contributed by atoms with Crippen molar-refractivity contribution in [2.45, 2.75) is 13.8 Å². The number of nitrogens with two attached hydrogens (primary N) is 1. The minimum absolute atomic E-state index is 0.558. The molecule has 0 aliphatic carbocycles. The Labute approximate surface area is 66.0 Å². The quantitative estimate of drug-likeness (QED) is 0.487. The number of hydrogen-bond acceptors (Lipinski definition) is 2. The zero-order chi connectivity index (χ0) is 8.43. The molecule has 0 aliphatic rings. The van der Waals surface area contributed by atoms with Crippen molar-refractivity contribution in [3.63, 3.8) is 0 Å². The Balaban J connectivity index is 3.31. The maximum absolute atomic E-state index is 10.4. The lowest BCUT2D eigenvalue weighted by atomic mass is 10.1. The zero-order valence-electron chi connectivity index (χ0n) is 6.72. The van der Waals surface area contributed by atoms with Crippen LogP contribution >= 0.6 is 0 Å². The van der Waals surface area contributed by atoms with Gasteiger partial charge in [-0.1, -0.05) is 0 Å². The molecule has 0 amide bonds. The van der Waals surface area contributed by atoms with Crippen molar-refractivity contribution in [1.82, 2.24) is 0 Å². The summed E-state index contributed by atoms with van der Waals surface area (Å²) in [5, 5.41) is 0. The van der Waals surface area contributed by atoms with Crippen LogP contribution in [0.1, 0.15) is 21.5 Å². The summed E-state index contributed by atoms with van der Waals surface area (Å²) in [4.78, 5) is 10.4. The van der Waals surface area contributed by atoms with Crippen LogP contribution in [-0.2, 0) is 0 Å². The molecule has 2 heteroatoms. The van der Waals surface area contributed by atoms with Gasteiger partial charge in [-0.25, -0.2) is 0 Å². The molecule has 2 nitrogen and oxygen atoms in total. The van der Waals surface area contributed by atoms with Gasteiger partial charge in [0.15, 0.2) is 6.29 Å². The summed E-state index contributed by atoms with van der Waals surface area (Å²) in [6.07, 6.45) is 0.780. The molecule has 0 bridgehead atoms. The molecule has 0 heterocycles. The molecule has 0 saturated carbocycles. The van der Waals surface area contributed by atoms with Crippen LogP contribution in [0.2, 0.25) is 0 Å². The predicted molar refractivity (Wildman–Crippen MR) is 45.7 cm³/mol. The van der Waals surface area contributed by atoms with Gasteiger partial charge in [0.2, 0.25) is 0 Å². The summed E-state index contributed by atoms with van der Waals surface area (Å²) >= 11 is 0. The molecule has 0 aromatic heterocycles. The van der Waals surface area contributed by atoms with Crippen LogP contribution < -0.4 is 5.73 Å². The Bertz CT molecular complexity index is 292. The van der Waals surface area contributed by atoms with Crippen LogP contribution in [0.5, 0.6) is 0 Å². The van der Waals surface area contributed by atoms with E-state index in [1.54, 1.807) is 6.07 Å². The maximum Gasteiger partial charge on any atom is 0.152 e. The second-order valence-electron chi connectivity index (χ2n) is 2.68. The molecule has 0 spiro atoms. The SMILES string of the molecule is Cc1cc(N)c(C=O)cc1C. The minimum Gasteiger partial charge on any atom is -0.398 e. The number of nitrogen functional groups attached to an aromatic ring is 1. The fraction of sp³-hybridized carbons (Fsp3) is 0.222. The normalized spacial score (nSPS) is 9.64. The highest BCUT2D eigenvalue weighted by atomic mass is 16.1. The van der Waals surface area contributed by atoms with E-state index < -0.39 is 0 Å². The van der Waals surface area contributed by atoms with E-state index in [0.29, 0.717) is 11.3 Å². The van der Waals surface area contributed by atoms with Crippen molar-refractivity contribution >= 4 is 12.0 Å². The van der Waals surface area contributed by atoms with E-state index in [1.807, 2.05) is 19.9 Å². The standard InChI is InChI=1S/C9H11NO/c1-6-3-8(5-11)9(10)4-7(6)2/h3-5H,10H2,1-2H3. The highest BCUT2D eigenvalue weighted by Crippen LogP contribution is 2.15. The van der Waals surface area contributed by atoms with Crippen LogP contribution in [0.15, 0.2) is 12.1 Å². The molecule has 1 rings (SSSR count). The van der Waals surface area contributed by atoms with Crippen molar-refractivity contribution in [2.24, 2.45) is 0 Å². The highest BCUT2D eigenvalue weighted by Gasteiger charge is 1.99. The first kappa shape index (κ1) is 7.79. The first-order valence-corrected chi connectivity index (χ1v) is 3.47. The smallest absolute Gasteiger partial charge is 0.152 e. The van der Waals surface area contributed by atoms with E-state index >= 15 is 0 Å². The molecular weight excluding hydrogens is 138 g/mol. The van der Waals surface area contributed by atoms with Crippen molar-refractivity contribution in [2.75, 3.05) is 5.73 Å². The van der Waals surface area contributed by atoms with Gasteiger partial charge >= 0.3 is 0 Å². The fourth-order valence-electron chi connectivity index (χ4n) is 0.963. The summed E-state index contributed by atoms with van der Waals surface area (Å²) in [5.41, 5.74) is 8.92. The second-order valence-corrected chi connectivity index (χ2v) is 2.68. The number of aldehydes is 1. The summed E-state index contributed by atoms with van der Waals surface area (Å²) < 4.78 is 0. The highest BCUT2D eigenvalue weighted by molar-refractivity contribution is 5.83. The first-order valence-electron chi connectivity index (χ1n) is 3.47. The van der Waals surface area contributed by atoms with Gasteiger partial charge in [-0.3, -0.25) is 4.79 Å². The van der Waals surface area contributed by atoms with E-state index in [0.717, 1.165) is 17.4 Å². The third-order valence-corrected chi connectivity index (χ3v) is 1.83. The molecule has 11 heavy (non-hydrogen) atoms. The molecule has 0 fully saturated rings. The lowest BCUT2D eigenvalue weighted by molar-refractivity contribution is 0.112. The number of hydrogen-bond donors (Lipinski definition) is 1. The second kappa shape index (κ2) is 2.74. The predicted octanol–water partition coefficient (Wildman–Crippen LogP) is 1.70. The number of anilines is 1. The average molecular weight is 149 g/mol. The van der Waals surface area contributed by atoms with Gasteiger partial charge in [-0.2, -0.15) is 0 Å². The lowest BCUT2D eigenvalue weighted by Crippen LogP contribution is -1.95. The van der Waals surface area contributed by atoms with Gasteiger partial charge in [0.1, 0.15) is 0 Å². The van der Waals surface area contributed by atoms with Gasteiger partial charge < -0.3 is 5.73 Å². The fourth-order valence-corrected chi connectivity index (χ4v) is 0.963. The number of aryl methyl sites for hydroxylation is 2. The van der Waals surface area contributed by atoms with E-state index in [4.69, 9.17) is 5.73 Å². The van der Waals surface area contributed by atoms with Gasteiger partial charge in [-0.15, -0.1) is 0 Å². The summed E-state index contributed by atoms with van der Waals surface area (Å²) in [7, 11) is 0. The first-order chi connectivity index (χ1) is 5.15. The molecule has 0 radical (unpaired) electrons. The number of carbonyl (C=O) groups excluding carboxylic acids is 1. The third kappa shape index (κ3) is 1.40. The van der Waals surface area contributed by atoms with Crippen LogP contribution in [0.3, 0.4) is 0 Å². The molecule has 0 atom stereocenters. The van der Waals surface area contributed by atoms with Crippen LogP contribution in [-0.4, -0.2) is 6.29 Å². The minimum atomic E-state index is 0.558. The maximum atomic E-state index is 10.4. The summed E-state index contributed by atoms with van der Waals surface area (Å²) in [6.45, 7) is 3.93. The van der Waals surface area contributed by atoms with Gasteiger partial charge in [0.05, 0.1) is 0 Å². The zero-order valence-corrected chi connectivity index (χ0v) is 6.72. The Morgan fingerprint density at radius 1 is 1.27 bits per heavy atom. The lowest BCUT2D eigenvalue weighted by Gasteiger charge is -2.03. The number of rotatable bonds is 1. The summed E-state index contributed by atoms with van der Waals surface area (Å²) in [5.74, 6) is 0.